The van der Waals surface area contributed by atoms with Crippen molar-refractivity contribution >= 4 is 15.7 Å². The first kappa shape index (κ1) is 18.0. The summed E-state index contributed by atoms with van der Waals surface area (Å²) in [5.74, 6) is 1.27. The first-order chi connectivity index (χ1) is 10.9. The molecular formula is C18H27NO3S. The lowest BCUT2D eigenvalue weighted by Crippen LogP contribution is -2.34. The maximum Gasteiger partial charge on any atom is 0.220 e. The highest BCUT2D eigenvalue weighted by Crippen LogP contribution is 2.18. The van der Waals surface area contributed by atoms with E-state index in [0.29, 0.717) is 37.6 Å². The van der Waals surface area contributed by atoms with Crippen LogP contribution >= 0.6 is 0 Å². The molecule has 2 rings (SSSR count). The third-order valence-corrected chi connectivity index (χ3v) is 6.28. The molecule has 0 radical (unpaired) electrons. The molecule has 128 valence electrons. The Morgan fingerprint density at radius 1 is 1.22 bits per heavy atom. The van der Waals surface area contributed by atoms with E-state index < -0.39 is 9.84 Å². The van der Waals surface area contributed by atoms with E-state index in [0.717, 1.165) is 12.8 Å². The van der Waals surface area contributed by atoms with Crippen LogP contribution in [0.4, 0.5) is 0 Å². The second-order valence-electron chi connectivity index (χ2n) is 6.73. The molecule has 0 saturated carbocycles. The first-order valence-corrected chi connectivity index (χ1v) is 10.3. The van der Waals surface area contributed by atoms with Gasteiger partial charge in [0.25, 0.3) is 0 Å². The van der Waals surface area contributed by atoms with Gasteiger partial charge in [0.15, 0.2) is 0 Å². The van der Waals surface area contributed by atoms with Gasteiger partial charge in [0, 0.05) is 13.0 Å². The van der Waals surface area contributed by atoms with Gasteiger partial charge in [0.2, 0.25) is 5.91 Å². The molecule has 5 heteroatoms. The lowest BCUT2D eigenvalue weighted by Gasteiger charge is -2.22. The molecule has 1 aromatic rings. The Labute approximate surface area is 139 Å². The van der Waals surface area contributed by atoms with Gasteiger partial charge in [0.1, 0.15) is 9.84 Å². The highest BCUT2D eigenvalue weighted by molar-refractivity contribution is 7.91. The summed E-state index contributed by atoms with van der Waals surface area (Å²) in [5, 5.41) is 2.98. The Kier molecular flexibility index (Phi) is 6.63. The number of nitrogens with one attached hydrogen (secondary N) is 1. The standard InChI is InChI=1S/C18H27NO3S/c1-15(7-8-16-5-3-2-4-6-16)13-18(20)19-14-17-9-11-23(21,22)12-10-17/h2-6,15,17H,7-14H2,1H3,(H,19,20)/t15-/m0/s1. The van der Waals surface area contributed by atoms with E-state index in [1.807, 2.05) is 18.2 Å². The van der Waals surface area contributed by atoms with Crippen molar-refractivity contribution in [3.8, 4) is 0 Å². The zero-order valence-electron chi connectivity index (χ0n) is 13.8. The molecule has 0 aromatic heterocycles. The second-order valence-corrected chi connectivity index (χ2v) is 9.04. The normalized spacial score (nSPS) is 19.2. The molecule has 1 N–H and O–H groups in total. The molecule has 1 aliphatic rings. The fourth-order valence-corrected chi connectivity index (χ4v) is 4.54. The van der Waals surface area contributed by atoms with Gasteiger partial charge in [-0.05, 0) is 43.1 Å². The average Bonchev–Trinajstić information content (AvgIpc) is 2.53. The van der Waals surface area contributed by atoms with Gasteiger partial charge in [-0.15, -0.1) is 0 Å². The molecule has 0 aliphatic carbocycles. The second kappa shape index (κ2) is 8.48. The van der Waals surface area contributed by atoms with Crippen molar-refractivity contribution in [1.29, 1.82) is 0 Å². The van der Waals surface area contributed by atoms with Crippen LogP contribution in [-0.2, 0) is 21.1 Å². The minimum atomic E-state index is -2.82. The molecule has 1 aliphatic heterocycles. The number of benzene rings is 1. The van der Waals surface area contributed by atoms with Crippen molar-refractivity contribution in [2.75, 3.05) is 18.1 Å². The molecule has 1 atom stereocenters. The van der Waals surface area contributed by atoms with Gasteiger partial charge in [-0.1, -0.05) is 37.3 Å². The fourth-order valence-electron chi connectivity index (χ4n) is 2.95. The van der Waals surface area contributed by atoms with E-state index >= 15 is 0 Å². The quantitative estimate of drug-likeness (QED) is 0.832. The van der Waals surface area contributed by atoms with Gasteiger partial charge >= 0.3 is 0 Å². The maximum absolute atomic E-state index is 12.0. The topological polar surface area (TPSA) is 63.2 Å². The Morgan fingerprint density at radius 2 is 1.87 bits per heavy atom. The Bertz CT molecular complexity index is 584. The lowest BCUT2D eigenvalue weighted by molar-refractivity contribution is -0.122. The number of hydrogen-bond donors (Lipinski definition) is 1. The predicted molar refractivity (Wildman–Crippen MR) is 92.9 cm³/mol. The smallest absolute Gasteiger partial charge is 0.220 e. The molecule has 0 bridgehead atoms. The van der Waals surface area contributed by atoms with Gasteiger partial charge in [-0.25, -0.2) is 8.42 Å². The summed E-state index contributed by atoms with van der Waals surface area (Å²) in [6, 6.07) is 10.3. The van der Waals surface area contributed by atoms with Gasteiger partial charge in [0.05, 0.1) is 11.5 Å². The van der Waals surface area contributed by atoms with E-state index in [1.54, 1.807) is 0 Å². The van der Waals surface area contributed by atoms with E-state index in [2.05, 4.69) is 24.4 Å². The summed E-state index contributed by atoms with van der Waals surface area (Å²) >= 11 is 0. The maximum atomic E-state index is 12.0. The van der Waals surface area contributed by atoms with E-state index in [-0.39, 0.29) is 17.4 Å². The number of hydrogen-bond acceptors (Lipinski definition) is 3. The average molecular weight is 337 g/mol. The van der Waals surface area contributed by atoms with Crippen molar-refractivity contribution in [3.05, 3.63) is 35.9 Å². The summed E-state index contributed by atoms with van der Waals surface area (Å²) < 4.78 is 22.8. The minimum Gasteiger partial charge on any atom is -0.356 e. The number of amides is 1. The van der Waals surface area contributed by atoms with Crippen molar-refractivity contribution in [1.82, 2.24) is 5.32 Å². The number of rotatable bonds is 7. The Morgan fingerprint density at radius 3 is 2.52 bits per heavy atom. The van der Waals surface area contributed by atoms with Crippen LogP contribution in [0, 0.1) is 11.8 Å². The SMILES string of the molecule is C[C@@H](CCc1ccccc1)CC(=O)NCC1CCS(=O)(=O)CC1. The molecule has 0 spiro atoms. The molecule has 1 heterocycles. The van der Waals surface area contributed by atoms with E-state index in [9.17, 15) is 13.2 Å². The van der Waals surface area contributed by atoms with Crippen LogP contribution in [0.5, 0.6) is 0 Å². The van der Waals surface area contributed by atoms with Crippen LogP contribution in [0.2, 0.25) is 0 Å². The molecule has 1 aromatic carbocycles. The van der Waals surface area contributed by atoms with E-state index in [4.69, 9.17) is 0 Å². The third-order valence-electron chi connectivity index (χ3n) is 4.56. The molecular weight excluding hydrogens is 310 g/mol. The summed E-state index contributed by atoms with van der Waals surface area (Å²) in [6.45, 7) is 2.72. The van der Waals surface area contributed by atoms with Crippen LogP contribution in [0.25, 0.3) is 0 Å². The van der Waals surface area contributed by atoms with Gasteiger partial charge < -0.3 is 5.32 Å². The highest BCUT2D eigenvalue weighted by Gasteiger charge is 2.23. The van der Waals surface area contributed by atoms with Crippen LogP contribution in [-0.4, -0.2) is 32.4 Å². The monoisotopic (exact) mass is 337 g/mol. The van der Waals surface area contributed by atoms with Gasteiger partial charge in [-0.3, -0.25) is 4.79 Å². The minimum absolute atomic E-state index is 0.0824. The Hall–Kier alpha value is -1.36. The summed E-state index contributed by atoms with van der Waals surface area (Å²) in [4.78, 5) is 12.0. The zero-order chi connectivity index (χ0) is 16.7. The van der Waals surface area contributed by atoms with Crippen molar-refractivity contribution < 1.29 is 13.2 Å². The largest absolute Gasteiger partial charge is 0.356 e. The molecule has 4 nitrogen and oxygen atoms in total. The van der Waals surface area contributed by atoms with E-state index in [1.165, 1.54) is 5.56 Å². The number of aryl methyl sites for hydroxylation is 1. The first-order valence-electron chi connectivity index (χ1n) is 8.45. The number of sulfone groups is 1. The van der Waals surface area contributed by atoms with Crippen molar-refractivity contribution in [3.63, 3.8) is 0 Å². The summed E-state index contributed by atoms with van der Waals surface area (Å²) in [7, 11) is -2.82. The van der Waals surface area contributed by atoms with Crippen molar-refractivity contribution in [2.24, 2.45) is 11.8 Å². The van der Waals surface area contributed by atoms with Crippen LogP contribution < -0.4 is 5.32 Å². The Balaban J connectivity index is 1.62. The van der Waals surface area contributed by atoms with Crippen LogP contribution in [0.3, 0.4) is 0 Å². The number of carbonyl (C=O) groups excluding carboxylic acids is 1. The third kappa shape index (κ3) is 6.73. The summed E-state index contributed by atoms with van der Waals surface area (Å²) in [5.41, 5.74) is 1.31. The van der Waals surface area contributed by atoms with Crippen LogP contribution in [0.1, 0.15) is 38.2 Å². The number of carbonyl (C=O) groups is 1. The molecule has 23 heavy (non-hydrogen) atoms. The highest BCUT2D eigenvalue weighted by atomic mass is 32.2. The van der Waals surface area contributed by atoms with Crippen molar-refractivity contribution in [2.45, 2.75) is 39.0 Å². The lowest BCUT2D eigenvalue weighted by atomic mass is 9.97. The summed E-state index contributed by atoms with van der Waals surface area (Å²) in [6.07, 6.45) is 3.88. The predicted octanol–water partition coefficient (Wildman–Crippen LogP) is 2.59. The molecule has 1 amide bonds. The van der Waals surface area contributed by atoms with Gasteiger partial charge in [-0.2, -0.15) is 0 Å². The fraction of sp³-hybridized carbons (Fsp3) is 0.611. The van der Waals surface area contributed by atoms with Crippen LogP contribution in [0.15, 0.2) is 30.3 Å². The molecule has 0 unspecified atom stereocenters. The zero-order valence-corrected chi connectivity index (χ0v) is 14.6. The molecule has 1 saturated heterocycles. The molecule has 1 fully saturated rings.